The number of nitrogens with one attached hydrogen (secondary N) is 2. The third-order valence-corrected chi connectivity index (χ3v) is 5.54. The summed E-state index contributed by atoms with van der Waals surface area (Å²) in [6.45, 7) is 4.27. The minimum absolute atomic E-state index is 0.0302. The van der Waals surface area contributed by atoms with Gasteiger partial charge in [-0.1, -0.05) is 5.16 Å². The van der Waals surface area contributed by atoms with E-state index in [0.29, 0.717) is 34.5 Å². The number of hydrogen-bond donors (Lipinski definition) is 2. The number of fused-ring (bicyclic) bond motifs is 1. The van der Waals surface area contributed by atoms with Crippen molar-refractivity contribution in [2.75, 3.05) is 6.54 Å². The number of aromatic amines is 2. The molecule has 4 heterocycles. The molecule has 148 valence electrons. The molecule has 28 heavy (non-hydrogen) atoms. The molecular weight excluding hydrogens is 362 g/mol. The van der Waals surface area contributed by atoms with Gasteiger partial charge in [-0.15, -0.1) is 0 Å². The molecule has 1 saturated heterocycles. The molecule has 9 nitrogen and oxygen atoms in total. The Morgan fingerprint density at radius 1 is 1.32 bits per heavy atom. The molecule has 2 N–H and O–H groups in total. The van der Waals surface area contributed by atoms with Crippen LogP contribution in [0.25, 0.3) is 11.0 Å². The van der Waals surface area contributed by atoms with Crippen LogP contribution in [0.5, 0.6) is 0 Å². The first-order valence-corrected chi connectivity index (χ1v) is 9.40. The van der Waals surface area contributed by atoms with Crippen LogP contribution in [0.1, 0.15) is 47.9 Å². The number of likely N-dealkylation sites (tertiary alicyclic amines) is 1. The van der Waals surface area contributed by atoms with Crippen LogP contribution in [-0.2, 0) is 18.3 Å². The number of amides is 1. The molecule has 1 aliphatic rings. The lowest BCUT2D eigenvalue weighted by Crippen LogP contribution is -2.31. The molecule has 0 unspecified atom stereocenters. The Labute approximate surface area is 160 Å². The van der Waals surface area contributed by atoms with Gasteiger partial charge >= 0.3 is 0 Å². The highest BCUT2D eigenvalue weighted by Gasteiger charge is 2.32. The van der Waals surface area contributed by atoms with E-state index in [1.165, 1.54) is 4.68 Å². The van der Waals surface area contributed by atoms with Crippen molar-refractivity contribution < 1.29 is 9.32 Å². The third-order valence-electron chi connectivity index (χ3n) is 5.54. The van der Waals surface area contributed by atoms with Crippen molar-refractivity contribution in [1.82, 2.24) is 24.8 Å². The van der Waals surface area contributed by atoms with E-state index < -0.39 is 0 Å². The summed E-state index contributed by atoms with van der Waals surface area (Å²) in [6, 6.07) is 1.76. The molecule has 1 fully saturated rings. The maximum atomic E-state index is 12.8. The van der Waals surface area contributed by atoms with E-state index in [4.69, 9.17) is 4.52 Å². The molecule has 0 bridgehead atoms. The summed E-state index contributed by atoms with van der Waals surface area (Å²) < 4.78 is 6.85. The zero-order chi connectivity index (χ0) is 20.0. The van der Waals surface area contributed by atoms with Gasteiger partial charge in [0.1, 0.15) is 5.65 Å². The zero-order valence-corrected chi connectivity index (χ0v) is 16.2. The van der Waals surface area contributed by atoms with Crippen LogP contribution in [0.4, 0.5) is 0 Å². The van der Waals surface area contributed by atoms with Crippen molar-refractivity contribution in [2.24, 2.45) is 7.05 Å². The minimum Gasteiger partial charge on any atom is -0.359 e. The standard InChI is InChI=1S/C19H23N5O4/c1-10-9-14(28-22-10)13-5-4-8-24(13)15(25)7-6-12-11(2)16-17(20-18(12)26)23(3)21-19(16)27/h9,13H,4-8H2,1-3H3,(H,20,26)(H,21,27)/t13-/m0/s1. The van der Waals surface area contributed by atoms with Gasteiger partial charge in [-0.2, -0.15) is 0 Å². The highest BCUT2D eigenvalue weighted by molar-refractivity contribution is 5.80. The van der Waals surface area contributed by atoms with E-state index in [2.05, 4.69) is 15.2 Å². The van der Waals surface area contributed by atoms with Gasteiger partial charge in [0.2, 0.25) is 5.91 Å². The number of carbonyl (C=O) groups excluding carboxylic acids is 1. The number of rotatable bonds is 4. The van der Waals surface area contributed by atoms with Gasteiger partial charge in [0.25, 0.3) is 11.1 Å². The maximum Gasteiger partial charge on any atom is 0.273 e. The quantitative estimate of drug-likeness (QED) is 0.705. The van der Waals surface area contributed by atoms with Gasteiger partial charge in [-0.3, -0.25) is 24.2 Å². The number of pyridine rings is 1. The first-order chi connectivity index (χ1) is 13.4. The van der Waals surface area contributed by atoms with Gasteiger partial charge in [-0.05, 0) is 38.7 Å². The molecule has 3 aromatic heterocycles. The summed E-state index contributed by atoms with van der Waals surface area (Å²) in [4.78, 5) is 42.0. The summed E-state index contributed by atoms with van der Waals surface area (Å²) in [7, 11) is 1.67. The number of aryl methyl sites for hydroxylation is 3. The van der Waals surface area contributed by atoms with Crippen LogP contribution in [-0.4, -0.2) is 37.3 Å². The van der Waals surface area contributed by atoms with Gasteiger partial charge in [0.15, 0.2) is 5.76 Å². The van der Waals surface area contributed by atoms with Crippen LogP contribution < -0.4 is 11.1 Å². The van der Waals surface area contributed by atoms with Crippen LogP contribution in [0.3, 0.4) is 0 Å². The van der Waals surface area contributed by atoms with Crippen molar-refractivity contribution in [3.05, 3.63) is 49.4 Å². The number of hydrogen-bond acceptors (Lipinski definition) is 5. The number of carbonyl (C=O) groups is 1. The summed E-state index contributed by atoms with van der Waals surface area (Å²) in [5, 5.41) is 7.02. The normalized spacial score (nSPS) is 17.0. The lowest BCUT2D eigenvalue weighted by molar-refractivity contribution is -0.132. The average molecular weight is 385 g/mol. The lowest BCUT2D eigenvalue weighted by atomic mass is 10.0. The van der Waals surface area contributed by atoms with Crippen molar-refractivity contribution in [1.29, 1.82) is 0 Å². The summed E-state index contributed by atoms with van der Waals surface area (Å²) in [5.74, 6) is 0.673. The van der Waals surface area contributed by atoms with Crippen LogP contribution in [0.15, 0.2) is 20.2 Å². The first-order valence-electron chi connectivity index (χ1n) is 9.40. The molecule has 1 atom stereocenters. The molecule has 9 heteroatoms. The van der Waals surface area contributed by atoms with E-state index in [-0.39, 0.29) is 35.9 Å². The van der Waals surface area contributed by atoms with Crippen molar-refractivity contribution in [2.45, 2.75) is 45.6 Å². The van der Waals surface area contributed by atoms with Crippen molar-refractivity contribution >= 4 is 16.9 Å². The van der Waals surface area contributed by atoms with Crippen LogP contribution in [0, 0.1) is 13.8 Å². The second-order valence-electron chi connectivity index (χ2n) is 7.40. The molecule has 0 aliphatic carbocycles. The van der Waals surface area contributed by atoms with E-state index in [1.807, 2.05) is 13.0 Å². The number of nitrogens with zero attached hydrogens (tertiary/aromatic N) is 3. The smallest absolute Gasteiger partial charge is 0.273 e. The lowest BCUT2D eigenvalue weighted by Gasteiger charge is -2.22. The maximum absolute atomic E-state index is 12.8. The predicted octanol–water partition coefficient (Wildman–Crippen LogP) is 1.46. The fourth-order valence-electron chi connectivity index (χ4n) is 4.12. The van der Waals surface area contributed by atoms with Crippen molar-refractivity contribution in [3.63, 3.8) is 0 Å². The average Bonchev–Trinajstić information content (AvgIpc) is 3.34. The largest absolute Gasteiger partial charge is 0.359 e. The van der Waals surface area contributed by atoms with Gasteiger partial charge in [0, 0.05) is 31.6 Å². The molecule has 4 rings (SSSR count). The SMILES string of the molecule is Cc1cc([C@@H]2CCCN2C(=O)CCc2c(C)c3c(=O)[nH]n(C)c3[nH]c2=O)on1. The fourth-order valence-corrected chi connectivity index (χ4v) is 4.12. The Kier molecular flexibility index (Phi) is 4.44. The van der Waals surface area contributed by atoms with E-state index in [9.17, 15) is 14.4 Å². The Hall–Kier alpha value is -3.10. The van der Waals surface area contributed by atoms with Gasteiger partial charge in [-0.25, -0.2) is 0 Å². The molecule has 0 saturated carbocycles. The fraction of sp³-hybridized carbons (Fsp3) is 0.474. The predicted molar refractivity (Wildman–Crippen MR) is 102 cm³/mol. The van der Waals surface area contributed by atoms with Gasteiger partial charge < -0.3 is 14.4 Å². The summed E-state index contributed by atoms with van der Waals surface area (Å²) >= 11 is 0. The zero-order valence-electron chi connectivity index (χ0n) is 16.2. The topological polar surface area (TPSA) is 117 Å². The Morgan fingerprint density at radius 2 is 2.11 bits per heavy atom. The van der Waals surface area contributed by atoms with Crippen LogP contribution in [0.2, 0.25) is 0 Å². The number of aromatic nitrogens is 4. The van der Waals surface area contributed by atoms with Gasteiger partial charge in [0.05, 0.1) is 17.1 Å². The molecule has 1 amide bonds. The third kappa shape index (κ3) is 2.96. The second-order valence-corrected chi connectivity index (χ2v) is 7.40. The monoisotopic (exact) mass is 385 g/mol. The van der Waals surface area contributed by atoms with E-state index in [1.54, 1.807) is 18.9 Å². The minimum atomic E-state index is -0.267. The molecule has 0 radical (unpaired) electrons. The van der Waals surface area contributed by atoms with Crippen LogP contribution >= 0.6 is 0 Å². The van der Waals surface area contributed by atoms with E-state index >= 15 is 0 Å². The van der Waals surface area contributed by atoms with Crippen molar-refractivity contribution in [3.8, 4) is 0 Å². The molecular formula is C19H23N5O4. The molecule has 3 aromatic rings. The molecule has 0 spiro atoms. The second kappa shape index (κ2) is 6.81. The summed E-state index contributed by atoms with van der Waals surface area (Å²) in [6.07, 6.45) is 2.22. The number of H-pyrrole nitrogens is 2. The summed E-state index contributed by atoms with van der Waals surface area (Å²) in [5.41, 5.74) is 1.83. The Morgan fingerprint density at radius 3 is 2.82 bits per heavy atom. The first kappa shape index (κ1) is 18.3. The highest BCUT2D eigenvalue weighted by Crippen LogP contribution is 2.32. The van der Waals surface area contributed by atoms with E-state index in [0.717, 1.165) is 18.5 Å². The molecule has 0 aromatic carbocycles. The Balaban J connectivity index is 1.56. The molecule has 1 aliphatic heterocycles. The Bertz CT molecular complexity index is 1170. The highest BCUT2D eigenvalue weighted by atomic mass is 16.5.